The van der Waals surface area contributed by atoms with Crippen molar-refractivity contribution in [3.05, 3.63) is 107 Å². The summed E-state index contributed by atoms with van der Waals surface area (Å²) in [5.74, 6) is -4.56. The van der Waals surface area contributed by atoms with Crippen LogP contribution in [-0.2, 0) is 6.54 Å². The molecule has 32 heavy (non-hydrogen) atoms. The van der Waals surface area contributed by atoms with Gasteiger partial charge in [0.1, 0.15) is 0 Å². The lowest BCUT2D eigenvalue weighted by Gasteiger charge is -2.11. The van der Waals surface area contributed by atoms with Crippen molar-refractivity contribution in [2.24, 2.45) is 5.73 Å². The van der Waals surface area contributed by atoms with Gasteiger partial charge in [-0.2, -0.15) is 0 Å². The lowest BCUT2D eigenvalue weighted by molar-refractivity contribution is 0.100. The molecule has 1 amide bonds. The van der Waals surface area contributed by atoms with Crippen molar-refractivity contribution < 1.29 is 18.0 Å². The van der Waals surface area contributed by atoms with E-state index in [1.54, 1.807) is 22.8 Å². The predicted molar refractivity (Wildman–Crippen MR) is 119 cm³/mol. The van der Waals surface area contributed by atoms with Crippen molar-refractivity contribution in [1.29, 1.82) is 0 Å². The molecule has 1 heterocycles. The van der Waals surface area contributed by atoms with E-state index in [2.05, 4.69) is 0 Å². The standard InChI is InChI=1S/C26H17F3N2O/c27-20-12-10-17(24(28)25(20)29)14-31-21-8-4-7-19(26(30)32)23(21)18-11-9-16(13-22(18)31)15-5-2-1-3-6-15/h1-13H,14H2,(H2,30,32). The highest BCUT2D eigenvalue weighted by molar-refractivity contribution is 6.18. The molecule has 2 N–H and O–H groups in total. The Bertz CT molecular complexity index is 1510. The van der Waals surface area contributed by atoms with Crippen LogP contribution in [0, 0.1) is 17.5 Å². The summed E-state index contributed by atoms with van der Waals surface area (Å²) in [7, 11) is 0. The van der Waals surface area contributed by atoms with Crippen molar-refractivity contribution >= 4 is 27.7 Å². The second-order valence-electron chi connectivity index (χ2n) is 7.58. The first-order valence-corrected chi connectivity index (χ1v) is 9.98. The average molecular weight is 430 g/mol. The Morgan fingerprint density at radius 3 is 2.31 bits per heavy atom. The molecule has 5 rings (SSSR count). The van der Waals surface area contributed by atoms with Crippen LogP contribution < -0.4 is 5.73 Å². The molecule has 4 aromatic carbocycles. The van der Waals surface area contributed by atoms with Crippen molar-refractivity contribution in [1.82, 2.24) is 4.57 Å². The van der Waals surface area contributed by atoms with Crippen LogP contribution in [0.1, 0.15) is 15.9 Å². The smallest absolute Gasteiger partial charge is 0.249 e. The van der Waals surface area contributed by atoms with Crippen molar-refractivity contribution in [2.75, 3.05) is 0 Å². The molecule has 0 radical (unpaired) electrons. The SMILES string of the molecule is NC(=O)c1cccc2c1c1ccc(-c3ccccc3)cc1n2Cc1ccc(F)c(F)c1F. The Hall–Kier alpha value is -4.06. The topological polar surface area (TPSA) is 48.0 Å². The lowest BCUT2D eigenvalue weighted by atomic mass is 10.0. The monoisotopic (exact) mass is 430 g/mol. The Kier molecular flexibility index (Phi) is 4.70. The number of primary amides is 1. The van der Waals surface area contributed by atoms with Crippen LogP contribution in [0.25, 0.3) is 32.9 Å². The number of carbonyl (C=O) groups excluding carboxylic acids is 1. The number of carbonyl (C=O) groups is 1. The molecule has 0 atom stereocenters. The van der Waals surface area contributed by atoms with E-state index >= 15 is 0 Å². The fourth-order valence-corrected chi connectivity index (χ4v) is 4.19. The summed E-state index contributed by atoms with van der Waals surface area (Å²) in [4.78, 5) is 12.1. The molecule has 0 unspecified atom stereocenters. The molecule has 0 saturated heterocycles. The number of benzene rings is 4. The second-order valence-corrected chi connectivity index (χ2v) is 7.58. The van der Waals surface area contributed by atoms with Crippen LogP contribution in [0.5, 0.6) is 0 Å². The van der Waals surface area contributed by atoms with Crippen LogP contribution in [-0.4, -0.2) is 10.5 Å². The molecular weight excluding hydrogens is 413 g/mol. The van der Waals surface area contributed by atoms with Gasteiger partial charge in [0.25, 0.3) is 0 Å². The first kappa shape index (κ1) is 19.9. The highest BCUT2D eigenvalue weighted by atomic mass is 19.2. The Balaban J connectivity index is 1.82. The van der Waals surface area contributed by atoms with E-state index in [0.717, 1.165) is 28.1 Å². The zero-order valence-corrected chi connectivity index (χ0v) is 16.8. The average Bonchev–Trinajstić information content (AvgIpc) is 3.12. The lowest BCUT2D eigenvalue weighted by Crippen LogP contribution is -2.11. The van der Waals surface area contributed by atoms with E-state index < -0.39 is 23.4 Å². The highest BCUT2D eigenvalue weighted by Gasteiger charge is 2.20. The summed E-state index contributed by atoms with van der Waals surface area (Å²) in [6.07, 6.45) is 0. The molecule has 0 spiro atoms. The van der Waals surface area contributed by atoms with E-state index in [1.165, 1.54) is 6.07 Å². The zero-order valence-electron chi connectivity index (χ0n) is 16.8. The summed E-state index contributed by atoms with van der Waals surface area (Å²) >= 11 is 0. The number of nitrogens with zero attached hydrogens (tertiary/aromatic N) is 1. The number of nitrogens with two attached hydrogens (primary N) is 1. The molecule has 158 valence electrons. The van der Waals surface area contributed by atoms with Crippen LogP contribution in [0.3, 0.4) is 0 Å². The Morgan fingerprint density at radius 2 is 1.56 bits per heavy atom. The highest BCUT2D eigenvalue weighted by Crippen LogP contribution is 2.35. The number of aromatic nitrogens is 1. The molecule has 6 heteroatoms. The van der Waals surface area contributed by atoms with Gasteiger partial charge in [-0.1, -0.05) is 54.6 Å². The predicted octanol–water partition coefficient (Wildman–Crippen LogP) is 6.03. The van der Waals surface area contributed by atoms with Gasteiger partial charge in [-0.3, -0.25) is 4.79 Å². The molecule has 0 fully saturated rings. The maximum Gasteiger partial charge on any atom is 0.249 e. The van der Waals surface area contributed by atoms with Gasteiger partial charge >= 0.3 is 0 Å². The Labute approximate surface area is 181 Å². The molecule has 3 nitrogen and oxygen atoms in total. The zero-order chi connectivity index (χ0) is 22.4. The van der Waals surface area contributed by atoms with E-state index in [9.17, 15) is 18.0 Å². The van der Waals surface area contributed by atoms with E-state index in [-0.39, 0.29) is 12.1 Å². The van der Waals surface area contributed by atoms with Gasteiger partial charge in [0.2, 0.25) is 5.91 Å². The number of rotatable bonds is 4. The summed E-state index contributed by atoms with van der Waals surface area (Å²) in [5, 5.41) is 1.40. The van der Waals surface area contributed by atoms with E-state index in [0.29, 0.717) is 16.5 Å². The third-order valence-electron chi connectivity index (χ3n) is 5.71. The summed E-state index contributed by atoms with van der Waals surface area (Å²) in [6, 6.07) is 22.7. The number of hydrogen-bond donors (Lipinski definition) is 1. The molecule has 0 aliphatic carbocycles. The molecule has 0 aliphatic heterocycles. The molecule has 0 aliphatic rings. The molecule has 1 aromatic heterocycles. The van der Waals surface area contributed by atoms with Gasteiger partial charge in [0.15, 0.2) is 17.5 Å². The van der Waals surface area contributed by atoms with Crippen molar-refractivity contribution in [3.63, 3.8) is 0 Å². The second kappa shape index (κ2) is 7.57. The van der Waals surface area contributed by atoms with Gasteiger partial charge in [-0.05, 0) is 35.4 Å². The van der Waals surface area contributed by atoms with Gasteiger partial charge in [-0.25, -0.2) is 13.2 Å². The summed E-state index contributed by atoms with van der Waals surface area (Å²) in [6.45, 7) is -0.0521. The maximum atomic E-state index is 14.5. The molecule has 0 saturated carbocycles. The minimum absolute atomic E-state index is 0.00251. The van der Waals surface area contributed by atoms with Crippen LogP contribution in [0.4, 0.5) is 13.2 Å². The first-order valence-electron chi connectivity index (χ1n) is 9.98. The van der Waals surface area contributed by atoms with Gasteiger partial charge < -0.3 is 10.3 Å². The number of hydrogen-bond acceptors (Lipinski definition) is 1. The van der Waals surface area contributed by atoms with Gasteiger partial charge in [-0.15, -0.1) is 0 Å². The minimum atomic E-state index is -1.51. The third-order valence-corrected chi connectivity index (χ3v) is 5.71. The maximum absolute atomic E-state index is 14.5. The van der Waals surface area contributed by atoms with Gasteiger partial charge in [0, 0.05) is 21.9 Å². The van der Waals surface area contributed by atoms with Crippen LogP contribution >= 0.6 is 0 Å². The molecule has 5 aromatic rings. The van der Waals surface area contributed by atoms with E-state index in [1.807, 2.05) is 48.5 Å². The first-order chi connectivity index (χ1) is 15.5. The minimum Gasteiger partial charge on any atom is -0.366 e. The van der Waals surface area contributed by atoms with Crippen molar-refractivity contribution in [2.45, 2.75) is 6.54 Å². The van der Waals surface area contributed by atoms with Gasteiger partial charge in [0.05, 0.1) is 17.6 Å². The van der Waals surface area contributed by atoms with Crippen molar-refractivity contribution in [3.8, 4) is 11.1 Å². The molecule has 0 bridgehead atoms. The summed E-state index contributed by atoms with van der Waals surface area (Å²) < 4.78 is 43.6. The van der Waals surface area contributed by atoms with Crippen LogP contribution in [0.15, 0.2) is 78.9 Å². The van der Waals surface area contributed by atoms with E-state index in [4.69, 9.17) is 5.73 Å². The number of amides is 1. The fourth-order valence-electron chi connectivity index (χ4n) is 4.19. The Morgan fingerprint density at radius 1 is 0.781 bits per heavy atom. The normalized spacial score (nSPS) is 11.3. The third kappa shape index (κ3) is 3.12. The molecular formula is C26H17F3N2O. The number of fused-ring (bicyclic) bond motifs is 3. The quantitative estimate of drug-likeness (QED) is 0.348. The number of halogens is 3. The fraction of sp³-hybridized carbons (Fsp3) is 0.0385. The largest absolute Gasteiger partial charge is 0.366 e. The summed E-state index contributed by atoms with van der Waals surface area (Å²) in [5.41, 5.74) is 9.23. The van der Waals surface area contributed by atoms with Crippen LogP contribution in [0.2, 0.25) is 0 Å².